The maximum atomic E-state index is 12.5. The molecule has 1 spiro atoms. The predicted octanol–water partition coefficient (Wildman–Crippen LogP) is 2.62. The minimum atomic E-state index is -0.142. The van der Waals surface area contributed by atoms with Crippen molar-refractivity contribution in [3.8, 4) is 0 Å². The van der Waals surface area contributed by atoms with Crippen molar-refractivity contribution in [3.63, 3.8) is 0 Å². The first-order valence-electron chi connectivity index (χ1n) is 7.58. The van der Waals surface area contributed by atoms with Crippen molar-refractivity contribution in [1.29, 1.82) is 0 Å². The van der Waals surface area contributed by atoms with E-state index in [2.05, 4.69) is 5.32 Å². The van der Waals surface area contributed by atoms with Crippen LogP contribution in [0.5, 0.6) is 0 Å². The van der Waals surface area contributed by atoms with Crippen LogP contribution in [0.1, 0.15) is 43.6 Å². The highest BCUT2D eigenvalue weighted by Gasteiger charge is 2.59. The third-order valence-electron chi connectivity index (χ3n) is 5.75. The van der Waals surface area contributed by atoms with Gasteiger partial charge in [-0.3, -0.25) is 14.9 Å². The van der Waals surface area contributed by atoms with Gasteiger partial charge in [0.25, 0.3) is 0 Å². The van der Waals surface area contributed by atoms with Gasteiger partial charge in [0.15, 0.2) is 0 Å². The molecule has 3 aliphatic rings. The van der Waals surface area contributed by atoms with Gasteiger partial charge in [-0.1, -0.05) is 36.8 Å². The highest BCUT2D eigenvalue weighted by Crippen LogP contribution is 2.64. The lowest BCUT2D eigenvalue weighted by Crippen LogP contribution is -2.52. The number of imide groups is 1. The van der Waals surface area contributed by atoms with Gasteiger partial charge in [-0.15, -0.1) is 0 Å². The summed E-state index contributed by atoms with van der Waals surface area (Å²) in [5.74, 6) is 0.976. The van der Waals surface area contributed by atoms with Crippen LogP contribution in [0.15, 0.2) is 30.3 Å². The molecule has 2 saturated carbocycles. The van der Waals surface area contributed by atoms with Gasteiger partial charge in [0.1, 0.15) is 0 Å². The molecule has 4 atom stereocenters. The molecule has 0 radical (unpaired) electrons. The highest BCUT2D eigenvalue weighted by molar-refractivity contribution is 6.02. The number of nitrogens with one attached hydrogen (secondary N) is 1. The minimum absolute atomic E-state index is 0.0743. The van der Waals surface area contributed by atoms with E-state index in [1.807, 2.05) is 30.3 Å². The first-order chi connectivity index (χ1) is 9.69. The fourth-order valence-corrected chi connectivity index (χ4v) is 5.10. The molecule has 3 heteroatoms. The van der Waals surface area contributed by atoms with Crippen LogP contribution >= 0.6 is 0 Å². The maximum Gasteiger partial charge on any atom is 0.234 e. The van der Waals surface area contributed by atoms with Gasteiger partial charge in [0, 0.05) is 6.42 Å². The fourth-order valence-electron chi connectivity index (χ4n) is 5.10. The van der Waals surface area contributed by atoms with Crippen LogP contribution in [0.4, 0.5) is 0 Å². The van der Waals surface area contributed by atoms with Crippen LogP contribution in [-0.4, -0.2) is 11.8 Å². The Labute approximate surface area is 118 Å². The summed E-state index contributed by atoms with van der Waals surface area (Å²) < 4.78 is 0. The molecule has 3 fully saturated rings. The Bertz CT molecular complexity index is 568. The van der Waals surface area contributed by atoms with Crippen molar-refractivity contribution < 1.29 is 9.59 Å². The molecule has 1 aliphatic heterocycles. The van der Waals surface area contributed by atoms with Gasteiger partial charge in [-0.2, -0.15) is 0 Å². The van der Waals surface area contributed by atoms with E-state index in [9.17, 15) is 9.59 Å². The standard InChI is InChI=1S/C17H19NO2/c19-14-10-17(9-11-6-7-13(17)8-11)15(16(20)18-14)12-4-2-1-3-5-12/h1-5,11,13,15H,6-10H2,(H,18,19,20). The van der Waals surface area contributed by atoms with Crippen molar-refractivity contribution in [2.45, 2.75) is 38.0 Å². The summed E-state index contributed by atoms with van der Waals surface area (Å²) in [6.07, 6.45) is 5.26. The lowest BCUT2D eigenvalue weighted by Gasteiger charge is -2.46. The fraction of sp³-hybridized carbons (Fsp3) is 0.529. The Kier molecular flexibility index (Phi) is 2.53. The summed E-state index contributed by atoms with van der Waals surface area (Å²) >= 11 is 0. The van der Waals surface area contributed by atoms with Crippen molar-refractivity contribution >= 4 is 11.8 Å². The number of carbonyl (C=O) groups excluding carboxylic acids is 2. The normalized spacial score (nSPS) is 39.3. The zero-order valence-corrected chi connectivity index (χ0v) is 11.5. The topological polar surface area (TPSA) is 46.2 Å². The summed E-state index contributed by atoms with van der Waals surface area (Å²) in [5.41, 5.74) is 0.967. The SMILES string of the molecule is O=C1CC2(CC3CCC2C3)C(c2ccccc2)C(=O)N1. The average Bonchev–Trinajstić information content (AvgIpc) is 2.99. The molecule has 2 aliphatic carbocycles. The van der Waals surface area contributed by atoms with E-state index in [0.717, 1.165) is 17.9 Å². The lowest BCUT2D eigenvalue weighted by atomic mass is 9.59. The van der Waals surface area contributed by atoms with E-state index < -0.39 is 0 Å². The monoisotopic (exact) mass is 269 g/mol. The summed E-state index contributed by atoms with van der Waals surface area (Å²) in [4.78, 5) is 24.5. The van der Waals surface area contributed by atoms with Crippen molar-refractivity contribution in [2.75, 3.05) is 0 Å². The Balaban J connectivity index is 1.81. The number of rotatable bonds is 1. The van der Waals surface area contributed by atoms with Crippen molar-refractivity contribution in [3.05, 3.63) is 35.9 Å². The number of piperidine rings is 1. The third-order valence-corrected chi connectivity index (χ3v) is 5.75. The zero-order valence-electron chi connectivity index (χ0n) is 11.5. The molecule has 1 aromatic rings. The molecule has 3 nitrogen and oxygen atoms in total. The molecule has 1 N–H and O–H groups in total. The number of amides is 2. The molecule has 1 aromatic carbocycles. The summed E-state index contributed by atoms with van der Waals surface area (Å²) in [6, 6.07) is 10.0. The molecule has 20 heavy (non-hydrogen) atoms. The molecular formula is C17H19NO2. The van der Waals surface area contributed by atoms with Gasteiger partial charge in [0.2, 0.25) is 11.8 Å². The Morgan fingerprint density at radius 2 is 1.90 bits per heavy atom. The second-order valence-electron chi connectivity index (χ2n) is 6.75. The quantitative estimate of drug-likeness (QED) is 0.797. The summed E-state index contributed by atoms with van der Waals surface area (Å²) in [7, 11) is 0. The van der Waals surface area contributed by atoms with Crippen LogP contribution in [0, 0.1) is 17.3 Å². The van der Waals surface area contributed by atoms with Gasteiger partial charge < -0.3 is 0 Å². The predicted molar refractivity (Wildman–Crippen MR) is 74.8 cm³/mol. The van der Waals surface area contributed by atoms with Crippen LogP contribution in [0.2, 0.25) is 0 Å². The highest BCUT2D eigenvalue weighted by atomic mass is 16.2. The number of fused-ring (bicyclic) bond motifs is 3. The second kappa shape index (κ2) is 4.18. The van der Waals surface area contributed by atoms with Crippen LogP contribution in [0.25, 0.3) is 0 Å². The third kappa shape index (κ3) is 1.58. The first kappa shape index (κ1) is 12.1. The molecule has 1 saturated heterocycles. The molecule has 2 amide bonds. The number of carbonyl (C=O) groups is 2. The zero-order chi connectivity index (χ0) is 13.7. The van der Waals surface area contributed by atoms with Gasteiger partial charge >= 0.3 is 0 Å². The molecule has 104 valence electrons. The first-order valence-corrected chi connectivity index (χ1v) is 7.58. The smallest absolute Gasteiger partial charge is 0.234 e. The summed E-state index contributed by atoms with van der Waals surface area (Å²) in [6.45, 7) is 0. The van der Waals surface area contributed by atoms with Gasteiger partial charge in [-0.05, 0) is 42.1 Å². The number of hydrogen-bond acceptors (Lipinski definition) is 2. The van der Waals surface area contributed by atoms with Crippen molar-refractivity contribution in [2.24, 2.45) is 17.3 Å². The second-order valence-corrected chi connectivity index (χ2v) is 6.75. The minimum Gasteiger partial charge on any atom is -0.296 e. The Morgan fingerprint density at radius 1 is 1.10 bits per heavy atom. The Hall–Kier alpha value is -1.64. The van der Waals surface area contributed by atoms with E-state index in [1.54, 1.807) is 0 Å². The lowest BCUT2D eigenvalue weighted by molar-refractivity contribution is -0.142. The maximum absolute atomic E-state index is 12.5. The molecular weight excluding hydrogens is 250 g/mol. The van der Waals surface area contributed by atoms with Crippen molar-refractivity contribution in [1.82, 2.24) is 5.32 Å². The van der Waals surface area contributed by atoms with E-state index in [1.165, 1.54) is 19.3 Å². The molecule has 0 aromatic heterocycles. The number of benzene rings is 1. The summed E-state index contributed by atoms with van der Waals surface area (Å²) in [5, 5.41) is 2.56. The van der Waals surface area contributed by atoms with E-state index in [4.69, 9.17) is 0 Å². The Morgan fingerprint density at radius 3 is 2.55 bits per heavy atom. The molecule has 2 bridgehead atoms. The number of hydrogen-bond donors (Lipinski definition) is 1. The van der Waals surface area contributed by atoms with Crippen LogP contribution < -0.4 is 5.32 Å². The average molecular weight is 269 g/mol. The van der Waals surface area contributed by atoms with Crippen LogP contribution in [-0.2, 0) is 9.59 Å². The van der Waals surface area contributed by atoms with Crippen LogP contribution in [0.3, 0.4) is 0 Å². The molecule has 4 unspecified atom stereocenters. The van der Waals surface area contributed by atoms with E-state index in [-0.39, 0.29) is 23.1 Å². The van der Waals surface area contributed by atoms with Gasteiger partial charge in [0.05, 0.1) is 5.92 Å². The van der Waals surface area contributed by atoms with Gasteiger partial charge in [-0.25, -0.2) is 0 Å². The largest absolute Gasteiger partial charge is 0.296 e. The molecule has 1 heterocycles. The molecule has 4 rings (SSSR count). The van der Waals surface area contributed by atoms with E-state index >= 15 is 0 Å². The van der Waals surface area contributed by atoms with E-state index in [0.29, 0.717) is 12.3 Å².